The van der Waals surface area contributed by atoms with E-state index in [0.717, 1.165) is 10.6 Å². The third-order valence-electron chi connectivity index (χ3n) is 5.31. The maximum atomic E-state index is 12.9. The Morgan fingerprint density at radius 1 is 1.10 bits per heavy atom. The first-order chi connectivity index (χ1) is 15.2. The third kappa shape index (κ3) is 3.93. The highest BCUT2D eigenvalue weighted by molar-refractivity contribution is 7.13. The Morgan fingerprint density at radius 3 is 2.65 bits per heavy atom. The van der Waals surface area contributed by atoms with Crippen LogP contribution < -0.4 is 4.90 Å². The Bertz CT molecular complexity index is 1160. The van der Waals surface area contributed by atoms with Crippen LogP contribution in [0.4, 0.5) is 5.95 Å². The molecule has 158 valence electrons. The molecule has 1 saturated heterocycles. The number of tetrazole rings is 1. The van der Waals surface area contributed by atoms with E-state index in [4.69, 9.17) is 4.42 Å². The van der Waals surface area contributed by atoms with Gasteiger partial charge in [-0.2, -0.15) is 4.68 Å². The molecule has 0 aliphatic carbocycles. The van der Waals surface area contributed by atoms with Crippen LogP contribution in [-0.4, -0.2) is 62.2 Å². The van der Waals surface area contributed by atoms with Crippen molar-refractivity contribution in [3.8, 4) is 16.5 Å². The molecule has 9 nitrogen and oxygen atoms in total. The first kappa shape index (κ1) is 19.4. The molecular formula is C21H21N7O2S. The van der Waals surface area contributed by atoms with Crippen molar-refractivity contribution in [1.82, 2.24) is 30.1 Å². The summed E-state index contributed by atoms with van der Waals surface area (Å²) in [6.07, 6.45) is 0.239. The fraction of sp³-hybridized carbons (Fsp3) is 0.286. The second kappa shape index (κ2) is 8.31. The number of thiophene rings is 1. The molecule has 0 spiro atoms. The molecule has 0 atom stereocenters. The highest BCUT2D eigenvalue weighted by Gasteiger charge is 2.26. The number of amides is 1. The van der Waals surface area contributed by atoms with Crippen molar-refractivity contribution in [3.63, 3.8) is 0 Å². The molecule has 4 aromatic rings. The number of piperazine rings is 1. The van der Waals surface area contributed by atoms with Gasteiger partial charge in [-0.25, -0.2) is 4.98 Å². The van der Waals surface area contributed by atoms with Gasteiger partial charge in [0.25, 0.3) is 0 Å². The largest absolute Gasteiger partial charge is 0.440 e. The number of carbonyl (C=O) groups is 1. The molecule has 1 aromatic carbocycles. The Labute approximate surface area is 182 Å². The monoisotopic (exact) mass is 435 g/mol. The van der Waals surface area contributed by atoms with Crippen molar-refractivity contribution in [1.29, 1.82) is 0 Å². The van der Waals surface area contributed by atoms with Crippen molar-refractivity contribution in [3.05, 3.63) is 59.3 Å². The molecule has 1 amide bonds. The molecule has 0 bridgehead atoms. The van der Waals surface area contributed by atoms with Gasteiger partial charge in [0.2, 0.25) is 17.7 Å². The summed E-state index contributed by atoms with van der Waals surface area (Å²) in [5, 5.41) is 14.1. The average molecular weight is 436 g/mol. The van der Waals surface area contributed by atoms with E-state index in [2.05, 4.69) is 25.4 Å². The summed E-state index contributed by atoms with van der Waals surface area (Å²) in [6, 6.07) is 13.7. The molecule has 1 fully saturated rings. The minimum absolute atomic E-state index is 0.0523. The second-order valence-electron chi connectivity index (χ2n) is 7.27. The lowest BCUT2D eigenvalue weighted by molar-refractivity contribution is -0.130. The van der Waals surface area contributed by atoms with Crippen LogP contribution in [0.15, 0.2) is 52.3 Å². The van der Waals surface area contributed by atoms with E-state index in [1.165, 1.54) is 0 Å². The fourth-order valence-corrected chi connectivity index (χ4v) is 4.27. The van der Waals surface area contributed by atoms with Crippen molar-refractivity contribution in [2.45, 2.75) is 13.3 Å². The number of oxazole rings is 1. The molecule has 1 aliphatic heterocycles. The number of anilines is 1. The van der Waals surface area contributed by atoms with Crippen molar-refractivity contribution in [2.24, 2.45) is 0 Å². The highest BCUT2D eigenvalue weighted by atomic mass is 32.1. The zero-order valence-electron chi connectivity index (χ0n) is 17.0. The first-order valence-corrected chi connectivity index (χ1v) is 10.9. The van der Waals surface area contributed by atoms with Gasteiger partial charge in [-0.15, -0.1) is 11.3 Å². The zero-order chi connectivity index (χ0) is 21.2. The summed E-state index contributed by atoms with van der Waals surface area (Å²) in [7, 11) is 0. The van der Waals surface area contributed by atoms with Crippen molar-refractivity contribution >= 4 is 23.2 Å². The van der Waals surface area contributed by atoms with Crippen LogP contribution in [0.1, 0.15) is 11.5 Å². The number of hydrogen-bond acceptors (Lipinski definition) is 8. The number of rotatable bonds is 5. The topological polar surface area (TPSA) is 93.2 Å². The second-order valence-corrected chi connectivity index (χ2v) is 8.22. The molecule has 1 aliphatic rings. The van der Waals surface area contributed by atoms with Crippen molar-refractivity contribution in [2.75, 3.05) is 31.1 Å². The standard InChI is InChI=1S/C21H21N7O2S/c1-15-17(22-20(30-15)18-8-5-13-31-18)14-19(29)26-9-11-27(12-10-26)21-23-24-25-28(21)16-6-3-2-4-7-16/h2-8,13H,9-12,14H2,1H3. The minimum atomic E-state index is 0.0523. The Morgan fingerprint density at radius 2 is 1.90 bits per heavy atom. The molecular weight excluding hydrogens is 414 g/mol. The van der Waals surface area contributed by atoms with Gasteiger partial charge in [-0.05, 0) is 40.9 Å². The lowest BCUT2D eigenvalue weighted by atomic mass is 10.2. The van der Waals surface area contributed by atoms with Crippen molar-refractivity contribution < 1.29 is 9.21 Å². The molecule has 4 heterocycles. The number of para-hydroxylation sites is 1. The highest BCUT2D eigenvalue weighted by Crippen LogP contribution is 2.26. The number of aromatic nitrogens is 5. The molecule has 31 heavy (non-hydrogen) atoms. The van der Waals surface area contributed by atoms with E-state index >= 15 is 0 Å². The van der Waals surface area contributed by atoms with Gasteiger partial charge in [-0.1, -0.05) is 29.4 Å². The summed E-state index contributed by atoms with van der Waals surface area (Å²) in [5.41, 5.74) is 1.60. The lowest BCUT2D eigenvalue weighted by Gasteiger charge is -2.34. The lowest BCUT2D eigenvalue weighted by Crippen LogP contribution is -2.50. The zero-order valence-corrected chi connectivity index (χ0v) is 17.8. The number of nitrogens with zero attached hydrogens (tertiary/aromatic N) is 7. The van der Waals surface area contributed by atoms with Crippen LogP contribution in [0.25, 0.3) is 16.5 Å². The summed E-state index contributed by atoms with van der Waals surface area (Å²) in [4.78, 5) is 22.4. The van der Waals surface area contributed by atoms with Crippen LogP contribution in [0.5, 0.6) is 0 Å². The fourth-order valence-electron chi connectivity index (χ4n) is 3.62. The molecule has 0 unspecified atom stereocenters. The van der Waals surface area contributed by atoms with Crippen LogP contribution in [0.2, 0.25) is 0 Å². The predicted octanol–water partition coefficient (Wildman–Crippen LogP) is 2.58. The van der Waals surface area contributed by atoms with Gasteiger partial charge in [0.05, 0.1) is 22.7 Å². The van der Waals surface area contributed by atoms with Gasteiger partial charge in [0.15, 0.2) is 0 Å². The van der Waals surface area contributed by atoms with E-state index in [9.17, 15) is 4.79 Å². The Balaban J connectivity index is 1.23. The van der Waals surface area contributed by atoms with Gasteiger partial charge in [-0.3, -0.25) is 4.79 Å². The number of carbonyl (C=O) groups excluding carboxylic acids is 1. The summed E-state index contributed by atoms with van der Waals surface area (Å²) < 4.78 is 7.49. The number of aryl methyl sites for hydroxylation is 1. The molecule has 5 rings (SSSR count). The average Bonchev–Trinajstić information content (AvgIpc) is 3.56. The number of hydrogen-bond donors (Lipinski definition) is 0. The first-order valence-electron chi connectivity index (χ1n) is 10.1. The van der Waals surface area contributed by atoms with E-state index in [1.54, 1.807) is 16.0 Å². The van der Waals surface area contributed by atoms with E-state index in [0.29, 0.717) is 49.5 Å². The number of benzene rings is 1. The molecule has 3 aromatic heterocycles. The minimum Gasteiger partial charge on any atom is -0.440 e. The Hall–Kier alpha value is -3.53. The summed E-state index contributed by atoms with van der Waals surface area (Å²) in [5.74, 6) is 2.01. The smallest absolute Gasteiger partial charge is 0.250 e. The molecule has 0 saturated carbocycles. The third-order valence-corrected chi connectivity index (χ3v) is 6.17. The predicted molar refractivity (Wildman–Crippen MR) is 116 cm³/mol. The van der Waals surface area contributed by atoms with Crippen LogP contribution in [-0.2, 0) is 11.2 Å². The van der Waals surface area contributed by atoms with E-state index in [-0.39, 0.29) is 12.3 Å². The van der Waals surface area contributed by atoms with Crippen LogP contribution in [0.3, 0.4) is 0 Å². The van der Waals surface area contributed by atoms with E-state index < -0.39 is 0 Å². The quantitative estimate of drug-likeness (QED) is 0.476. The Kier molecular flexibility index (Phi) is 5.21. The molecule has 10 heteroatoms. The van der Waals surface area contributed by atoms with Crippen LogP contribution in [0, 0.1) is 6.92 Å². The van der Waals surface area contributed by atoms with Gasteiger partial charge < -0.3 is 14.2 Å². The summed E-state index contributed by atoms with van der Waals surface area (Å²) >= 11 is 1.57. The van der Waals surface area contributed by atoms with E-state index in [1.807, 2.05) is 59.7 Å². The van der Waals surface area contributed by atoms with Gasteiger partial charge >= 0.3 is 0 Å². The normalized spacial score (nSPS) is 14.2. The maximum absolute atomic E-state index is 12.9. The van der Waals surface area contributed by atoms with Gasteiger partial charge in [0, 0.05) is 26.2 Å². The van der Waals surface area contributed by atoms with Gasteiger partial charge in [0.1, 0.15) is 5.76 Å². The summed E-state index contributed by atoms with van der Waals surface area (Å²) in [6.45, 7) is 4.40. The molecule has 0 radical (unpaired) electrons. The maximum Gasteiger partial charge on any atom is 0.250 e. The molecule has 0 N–H and O–H groups in total. The van der Waals surface area contributed by atoms with Crippen LogP contribution >= 0.6 is 11.3 Å². The SMILES string of the molecule is Cc1oc(-c2cccs2)nc1CC(=O)N1CCN(c2nnnn2-c2ccccc2)CC1.